The Morgan fingerprint density at radius 3 is 2.86 bits per heavy atom. The Kier molecular flexibility index (Phi) is 5.59. The van der Waals surface area contributed by atoms with Crippen LogP contribution in [0.4, 0.5) is 0 Å². The number of amides is 1. The molecule has 0 spiro atoms. The predicted molar refractivity (Wildman–Crippen MR) is 110 cm³/mol. The number of thioether (sulfide) groups is 1. The fourth-order valence-corrected chi connectivity index (χ4v) is 4.27. The van der Waals surface area contributed by atoms with E-state index in [4.69, 9.17) is 0 Å². The highest BCUT2D eigenvalue weighted by Gasteiger charge is 2.18. The Balaban J connectivity index is 1.48. The van der Waals surface area contributed by atoms with E-state index in [-0.39, 0.29) is 11.9 Å². The van der Waals surface area contributed by atoms with Gasteiger partial charge in [0.2, 0.25) is 5.16 Å². The van der Waals surface area contributed by atoms with Gasteiger partial charge in [-0.25, -0.2) is 9.50 Å². The molecule has 0 unspecified atom stereocenters. The minimum absolute atomic E-state index is 0.000744. The highest BCUT2D eigenvalue weighted by Crippen LogP contribution is 2.23. The molecule has 0 aliphatic carbocycles. The second kappa shape index (κ2) is 8.28. The van der Waals surface area contributed by atoms with E-state index in [9.17, 15) is 4.79 Å². The third kappa shape index (κ3) is 4.18. The number of rotatable bonds is 5. The number of piperidine rings is 1. The number of fused-ring (bicyclic) bond motifs is 1. The second-order valence-electron chi connectivity index (χ2n) is 7.09. The number of nitrogens with one attached hydrogen (secondary N) is 2. The normalized spacial score (nSPS) is 15.1. The summed E-state index contributed by atoms with van der Waals surface area (Å²) in [5.41, 5.74) is 3.64. The van der Waals surface area contributed by atoms with Gasteiger partial charge < -0.3 is 10.6 Å². The molecule has 7 nitrogen and oxygen atoms in total. The maximum absolute atomic E-state index is 12.8. The van der Waals surface area contributed by atoms with Crippen LogP contribution in [0.25, 0.3) is 5.78 Å². The van der Waals surface area contributed by atoms with E-state index in [1.807, 2.05) is 44.2 Å². The lowest BCUT2D eigenvalue weighted by Gasteiger charge is -2.24. The van der Waals surface area contributed by atoms with E-state index < -0.39 is 0 Å². The van der Waals surface area contributed by atoms with Gasteiger partial charge in [0, 0.05) is 28.7 Å². The van der Waals surface area contributed by atoms with Crippen LogP contribution in [0.15, 0.2) is 35.5 Å². The standard InChI is InChI=1S/C20H24N6OS/c1-13-11-14(2)26-19(22-13)24-20(25-26)28-12-15-5-3-4-6-17(15)18(27)23-16-7-9-21-10-8-16/h3-6,11,16,21H,7-10,12H2,1-2H3,(H,23,27). The van der Waals surface area contributed by atoms with Crippen LogP contribution in [-0.4, -0.2) is 44.6 Å². The van der Waals surface area contributed by atoms with Gasteiger partial charge in [0.15, 0.2) is 0 Å². The number of carbonyl (C=O) groups excluding carboxylic acids is 1. The molecular weight excluding hydrogens is 372 g/mol. The molecule has 1 aliphatic heterocycles. The van der Waals surface area contributed by atoms with E-state index in [0.717, 1.165) is 48.4 Å². The van der Waals surface area contributed by atoms with Gasteiger partial charge in [-0.15, -0.1) is 5.10 Å². The van der Waals surface area contributed by atoms with Crippen molar-refractivity contribution in [1.29, 1.82) is 0 Å². The van der Waals surface area contributed by atoms with Crippen molar-refractivity contribution >= 4 is 23.4 Å². The molecule has 28 heavy (non-hydrogen) atoms. The average Bonchev–Trinajstić information content (AvgIpc) is 3.10. The van der Waals surface area contributed by atoms with E-state index in [1.165, 1.54) is 11.8 Å². The molecule has 2 aromatic heterocycles. The Hall–Kier alpha value is -2.45. The molecule has 0 bridgehead atoms. The summed E-state index contributed by atoms with van der Waals surface area (Å²) in [6, 6.07) is 9.98. The van der Waals surface area contributed by atoms with Gasteiger partial charge in [0.25, 0.3) is 11.7 Å². The molecule has 0 radical (unpaired) electrons. The minimum atomic E-state index is -0.000744. The maximum Gasteiger partial charge on any atom is 0.253 e. The largest absolute Gasteiger partial charge is 0.349 e. The molecule has 1 aromatic carbocycles. The first kappa shape index (κ1) is 18.9. The first-order valence-corrected chi connectivity index (χ1v) is 10.5. The van der Waals surface area contributed by atoms with Crippen LogP contribution < -0.4 is 10.6 Å². The third-order valence-corrected chi connectivity index (χ3v) is 5.78. The van der Waals surface area contributed by atoms with Gasteiger partial charge >= 0.3 is 0 Å². The van der Waals surface area contributed by atoms with E-state index >= 15 is 0 Å². The maximum atomic E-state index is 12.8. The quantitative estimate of drug-likeness (QED) is 0.645. The third-order valence-electron chi connectivity index (χ3n) is 4.89. The number of carbonyl (C=O) groups is 1. The summed E-state index contributed by atoms with van der Waals surface area (Å²) in [6.07, 6.45) is 1.94. The number of hydrogen-bond acceptors (Lipinski definition) is 6. The van der Waals surface area contributed by atoms with Crippen molar-refractivity contribution in [3.8, 4) is 0 Å². The molecule has 146 valence electrons. The number of hydrogen-bond donors (Lipinski definition) is 2. The SMILES string of the molecule is Cc1cc(C)n2nc(SCc3ccccc3C(=O)NC3CCNCC3)nc2n1. The summed E-state index contributed by atoms with van der Waals surface area (Å²) in [7, 11) is 0. The van der Waals surface area contributed by atoms with E-state index in [2.05, 4.69) is 25.7 Å². The number of nitrogens with zero attached hydrogens (tertiary/aromatic N) is 4. The Morgan fingerprint density at radius 1 is 1.25 bits per heavy atom. The first-order valence-electron chi connectivity index (χ1n) is 9.53. The average molecular weight is 397 g/mol. The van der Waals surface area contributed by atoms with E-state index in [0.29, 0.717) is 16.7 Å². The molecule has 2 N–H and O–H groups in total. The minimum Gasteiger partial charge on any atom is -0.349 e. The smallest absolute Gasteiger partial charge is 0.253 e. The number of benzene rings is 1. The van der Waals surface area contributed by atoms with Gasteiger partial charge in [-0.3, -0.25) is 4.79 Å². The summed E-state index contributed by atoms with van der Waals surface area (Å²) in [5, 5.41) is 11.7. The van der Waals surface area contributed by atoms with Crippen LogP contribution >= 0.6 is 11.8 Å². The molecule has 3 heterocycles. The van der Waals surface area contributed by atoms with Crippen LogP contribution in [0.2, 0.25) is 0 Å². The monoisotopic (exact) mass is 396 g/mol. The first-order chi connectivity index (χ1) is 13.6. The van der Waals surface area contributed by atoms with Crippen molar-refractivity contribution in [3.05, 3.63) is 52.8 Å². The summed E-state index contributed by atoms with van der Waals surface area (Å²) >= 11 is 1.52. The zero-order chi connectivity index (χ0) is 19.5. The zero-order valence-corrected chi connectivity index (χ0v) is 16.9. The van der Waals surface area contributed by atoms with Crippen molar-refractivity contribution in [2.45, 2.75) is 43.6 Å². The number of aromatic nitrogens is 4. The summed E-state index contributed by atoms with van der Waals surface area (Å²) < 4.78 is 1.76. The molecule has 3 aromatic rings. The molecule has 0 saturated carbocycles. The Bertz CT molecular complexity index is 996. The highest BCUT2D eigenvalue weighted by atomic mass is 32.2. The zero-order valence-electron chi connectivity index (χ0n) is 16.1. The van der Waals surface area contributed by atoms with Crippen molar-refractivity contribution in [2.75, 3.05) is 13.1 Å². The van der Waals surface area contributed by atoms with Crippen LogP contribution in [0.1, 0.15) is 40.2 Å². The van der Waals surface area contributed by atoms with Gasteiger partial charge in [-0.05, 0) is 57.5 Å². The van der Waals surface area contributed by atoms with Crippen molar-refractivity contribution in [3.63, 3.8) is 0 Å². The lowest BCUT2D eigenvalue weighted by Crippen LogP contribution is -2.42. The number of aryl methyl sites for hydroxylation is 2. The topological polar surface area (TPSA) is 84.2 Å². The van der Waals surface area contributed by atoms with Gasteiger partial charge in [-0.2, -0.15) is 4.98 Å². The highest BCUT2D eigenvalue weighted by molar-refractivity contribution is 7.98. The molecule has 1 amide bonds. The van der Waals surface area contributed by atoms with Crippen molar-refractivity contribution in [2.24, 2.45) is 0 Å². The van der Waals surface area contributed by atoms with Gasteiger partial charge in [0.05, 0.1) is 0 Å². The summed E-state index contributed by atoms with van der Waals surface area (Å²) in [5.74, 6) is 1.24. The molecular formula is C20H24N6OS. The lowest BCUT2D eigenvalue weighted by atomic mass is 10.0. The molecule has 0 atom stereocenters. The summed E-state index contributed by atoms with van der Waals surface area (Å²) in [6.45, 7) is 5.85. The Labute approximate surface area is 168 Å². The molecule has 1 saturated heterocycles. The molecule has 1 aliphatic rings. The van der Waals surface area contributed by atoms with Gasteiger partial charge in [0.1, 0.15) is 0 Å². The van der Waals surface area contributed by atoms with Crippen LogP contribution in [0, 0.1) is 13.8 Å². The predicted octanol–water partition coefficient (Wildman–Crippen LogP) is 2.52. The van der Waals surface area contributed by atoms with Crippen molar-refractivity contribution in [1.82, 2.24) is 30.2 Å². The van der Waals surface area contributed by atoms with Gasteiger partial charge in [-0.1, -0.05) is 30.0 Å². The lowest BCUT2D eigenvalue weighted by molar-refractivity contribution is 0.0929. The molecule has 1 fully saturated rings. The fraction of sp³-hybridized carbons (Fsp3) is 0.400. The summed E-state index contributed by atoms with van der Waals surface area (Å²) in [4.78, 5) is 21.7. The van der Waals surface area contributed by atoms with Crippen LogP contribution in [0.5, 0.6) is 0 Å². The second-order valence-corrected chi connectivity index (χ2v) is 8.03. The van der Waals surface area contributed by atoms with Crippen molar-refractivity contribution < 1.29 is 4.79 Å². The van der Waals surface area contributed by atoms with Crippen LogP contribution in [0.3, 0.4) is 0 Å². The van der Waals surface area contributed by atoms with Crippen LogP contribution in [-0.2, 0) is 5.75 Å². The molecule has 4 rings (SSSR count). The Morgan fingerprint density at radius 2 is 2.04 bits per heavy atom. The molecule has 8 heteroatoms. The fourth-order valence-electron chi connectivity index (χ4n) is 3.45. The van der Waals surface area contributed by atoms with E-state index in [1.54, 1.807) is 4.52 Å².